The maximum Gasteiger partial charge on any atom is 0.409 e. The van der Waals surface area contributed by atoms with E-state index in [1.54, 1.807) is 16.0 Å². The van der Waals surface area contributed by atoms with Gasteiger partial charge >= 0.3 is 12.1 Å². The first-order chi connectivity index (χ1) is 16.5. The third-order valence-electron chi connectivity index (χ3n) is 7.64. The zero-order valence-corrected chi connectivity index (χ0v) is 20.4. The van der Waals surface area contributed by atoms with Crippen molar-refractivity contribution in [2.45, 2.75) is 64.0 Å². The Labute approximate surface area is 202 Å². The van der Waals surface area contributed by atoms with Crippen molar-refractivity contribution in [1.82, 2.24) is 24.6 Å². The van der Waals surface area contributed by atoms with Gasteiger partial charge in [0.05, 0.1) is 6.61 Å². The summed E-state index contributed by atoms with van der Waals surface area (Å²) in [5.74, 6) is -0.0256. The van der Waals surface area contributed by atoms with Crippen LogP contribution in [0.1, 0.15) is 51.5 Å². The van der Waals surface area contributed by atoms with Crippen molar-refractivity contribution in [2.24, 2.45) is 0 Å². The van der Waals surface area contributed by atoms with E-state index in [-0.39, 0.29) is 18.0 Å². The highest BCUT2D eigenvalue weighted by Crippen LogP contribution is 2.38. The number of aromatic nitrogens is 1. The van der Waals surface area contributed by atoms with E-state index in [0.717, 1.165) is 44.3 Å². The van der Waals surface area contributed by atoms with Crippen LogP contribution in [0, 0.1) is 0 Å². The fraction of sp³-hybridized carbons (Fsp3) is 0.680. The number of likely N-dealkylation sites (N-methyl/N-ethyl adjacent to an activating group) is 1. The average molecular weight is 472 g/mol. The van der Waals surface area contributed by atoms with Crippen LogP contribution in [0.3, 0.4) is 0 Å². The van der Waals surface area contributed by atoms with Crippen LogP contribution in [-0.2, 0) is 16.0 Å². The topological polar surface area (TPSA) is 86.3 Å². The summed E-state index contributed by atoms with van der Waals surface area (Å²) in [5.41, 5.74) is 0.411. The van der Waals surface area contributed by atoms with E-state index in [4.69, 9.17) is 4.74 Å². The molecule has 3 fully saturated rings. The van der Waals surface area contributed by atoms with Gasteiger partial charge in [0.25, 0.3) is 5.91 Å². The normalized spacial score (nSPS) is 21.5. The molecule has 0 atom stereocenters. The minimum atomic E-state index is -0.706. The molecule has 0 radical (unpaired) electrons. The molecule has 0 unspecified atom stereocenters. The number of piperidine rings is 2. The average Bonchev–Trinajstić information content (AvgIpc) is 3.06. The molecule has 9 heteroatoms. The molecule has 9 nitrogen and oxygen atoms in total. The Morgan fingerprint density at radius 1 is 1.15 bits per heavy atom. The van der Waals surface area contributed by atoms with Gasteiger partial charge in [-0.3, -0.25) is 14.7 Å². The zero-order chi connectivity index (χ0) is 24.1. The third-order valence-corrected chi connectivity index (χ3v) is 7.64. The molecular formula is C25H37N5O4. The summed E-state index contributed by atoms with van der Waals surface area (Å²) in [6.45, 7) is 8.17. The lowest BCUT2D eigenvalue weighted by atomic mass is 9.84. The fourth-order valence-electron chi connectivity index (χ4n) is 5.78. The molecule has 0 bridgehead atoms. The number of rotatable bonds is 7. The number of carbonyl (C=O) groups excluding carboxylic acids is 3. The predicted octanol–water partition coefficient (Wildman–Crippen LogP) is 2.75. The summed E-state index contributed by atoms with van der Waals surface area (Å²) >= 11 is 0. The molecule has 4 heterocycles. The molecule has 4 amide bonds. The van der Waals surface area contributed by atoms with Crippen LogP contribution in [0.5, 0.6) is 0 Å². The molecule has 3 aliphatic heterocycles. The van der Waals surface area contributed by atoms with Gasteiger partial charge in [0.1, 0.15) is 5.54 Å². The Morgan fingerprint density at radius 2 is 1.88 bits per heavy atom. The summed E-state index contributed by atoms with van der Waals surface area (Å²) < 4.78 is 5.13. The van der Waals surface area contributed by atoms with E-state index in [9.17, 15) is 14.4 Å². The van der Waals surface area contributed by atoms with Crippen molar-refractivity contribution in [3.63, 3.8) is 0 Å². The van der Waals surface area contributed by atoms with E-state index in [1.807, 2.05) is 32.2 Å². The van der Waals surface area contributed by atoms with Crippen molar-refractivity contribution < 1.29 is 19.1 Å². The first kappa shape index (κ1) is 24.4. The second kappa shape index (κ2) is 10.7. The highest BCUT2D eigenvalue weighted by molar-refractivity contribution is 6.07. The van der Waals surface area contributed by atoms with Crippen LogP contribution in [-0.4, -0.2) is 100 Å². The lowest BCUT2D eigenvalue weighted by Gasteiger charge is -2.46. The predicted molar refractivity (Wildman–Crippen MR) is 127 cm³/mol. The number of pyridine rings is 1. The van der Waals surface area contributed by atoms with Crippen molar-refractivity contribution >= 4 is 18.0 Å². The molecule has 34 heavy (non-hydrogen) atoms. The van der Waals surface area contributed by atoms with Gasteiger partial charge in [0.2, 0.25) is 0 Å². The van der Waals surface area contributed by atoms with Crippen LogP contribution in [0.4, 0.5) is 9.59 Å². The van der Waals surface area contributed by atoms with Gasteiger partial charge in [0, 0.05) is 57.7 Å². The smallest absolute Gasteiger partial charge is 0.409 e. The van der Waals surface area contributed by atoms with Gasteiger partial charge in [0.15, 0.2) is 0 Å². The van der Waals surface area contributed by atoms with Gasteiger partial charge < -0.3 is 19.4 Å². The first-order valence-electron chi connectivity index (χ1n) is 12.7. The molecule has 0 aliphatic carbocycles. The van der Waals surface area contributed by atoms with Crippen LogP contribution in [0.2, 0.25) is 0 Å². The molecule has 3 saturated heterocycles. The lowest BCUT2D eigenvalue weighted by molar-refractivity contribution is -0.136. The maximum atomic E-state index is 13.5. The number of hydrogen-bond donors (Lipinski definition) is 0. The summed E-state index contributed by atoms with van der Waals surface area (Å²) in [7, 11) is 0. The van der Waals surface area contributed by atoms with Crippen LogP contribution in [0.15, 0.2) is 24.5 Å². The maximum absolute atomic E-state index is 13.5. The van der Waals surface area contributed by atoms with Crippen LogP contribution >= 0.6 is 0 Å². The van der Waals surface area contributed by atoms with E-state index < -0.39 is 5.54 Å². The van der Waals surface area contributed by atoms with Gasteiger partial charge in [-0.1, -0.05) is 6.07 Å². The summed E-state index contributed by atoms with van der Waals surface area (Å²) in [5, 5.41) is 0. The van der Waals surface area contributed by atoms with Crippen molar-refractivity contribution in [3.05, 3.63) is 30.1 Å². The fourth-order valence-corrected chi connectivity index (χ4v) is 5.78. The number of hydrogen-bond acceptors (Lipinski definition) is 6. The Kier molecular flexibility index (Phi) is 7.70. The van der Waals surface area contributed by atoms with E-state index >= 15 is 0 Å². The van der Waals surface area contributed by atoms with E-state index in [0.29, 0.717) is 51.7 Å². The van der Waals surface area contributed by atoms with Gasteiger partial charge in [-0.25, -0.2) is 9.59 Å². The molecule has 1 spiro atoms. The molecule has 186 valence electrons. The number of urea groups is 1. The van der Waals surface area contributed by atoms with Crippen molar-refractivity contribution in [2.75, 3.05) is 45.9 Å². The molecular weight excluding hydrogens is 434 g/mol. The highest BCUT2D eigenvalue weighted by atomic mass is 16.6. The summed E-state index contributed by atoms with van der Waals surface area (Å²) in [4.78, 5) is 50.3. The molecule has 3 aliphatic rings. The standard InChI is InChI=1S/C25H37N5O4/c1-3-30-23(32)29(14-6-8-20-7-5-13-26-19-20)22(31)25(30)11-17-27(18-12-25)21-9-15-28(16-10-21)24(33)34-4-2/h5,7,13,19,21H,3-4,6,8-12,14-18H2,1-2H3. The summed E-state index contributed by atoms with van der Waals surface area (Å²) in [6.07, 6.45) is 8.05. The second-order valence-electron chi connectivity index (χ2n) is 9.43. The number of aryl methyl sites for hydroxylation is 1. The minimum Gasteiger partial charge on any atom is -0.450 e. The number of imide groups is 1. The number of ether oxygens (including phenoxy) is 1. The summed E-state index contributed by atoms with van der Waals surface area (Å²) in [6, 6.07) is 4.19. The Bertz CT molecular complexity index is 863. The lowest BCUT2D eigenvalue weighted by Crippen LogP contribution is -2.59. The largest absolute Gasteiger partial charge is 0.450 e. The Morgan fingerprint density at radius 3 is 2.50 bits per heavy atom. The SMILES string of the molecule is CCOC(=O)N1CCC(N2CCC3(CC2)C(=O)N(CCCc2cccnc2)C(=O)N3CC)CC1. The van der Waals surface area contributed by atoms with Crippen LogP contribution < -0.4 is 0 Å². The third kappa shape index (κ3) is 4.76. The Hall–Kier alpha value is -2.68. The number of nitrogens with zero attached hydrogens (tertiary/aromatic N) is 5. The van der Waals surface area contributed by atoms with Crippen LogP contribution in [0.25, 0.3) is 0 Å². The van der Waals surface area contributed by atoms with Crippen molar-refractivity contribution in [1.29, 1.82) is 0 Å². The molecule has 0 saturated carbocycles. The monoisotopic (exact) mass is 471 g/mol. The highest BCUT2D eigenvalue weighted by Gasteiger charge is 2.57. The van der Waals surface area contributed by atoms with Gasteiger partial charge in [-0.05, 0) is 64.0 Å². The second-order valence-corrected chi connectivity index (χ2v) is 9.43. The van der Waals surface area contributed by atoms with Gasteiger partial charge in [-0.15, -0.1) is 0 Å². The first-order valence-corrected chi connectivity index (χ1v) is 12.7. The molecule has 1 aromatic heterocycles. The molecule has 4 rings (SSSR count). The zero-order valence-electron chi connectivity index (χ0n) is 20.4. The minimum absolute atomic E-state index is 0.0256. The van der Waals surface area contributed by atoms with E-state index in [1.165, 1.54) is 4.90 Å². The van der Waals surface area contributed by atoms with Crippen molar-refractivity contribution in [3.8, 4) is 0 Å². The molecule has 0 N–H and O–H groups in total. The van der Waals surface area contributed by atoms with E-state index in [2.05, 4.69) is 9.88 Å². The quantitative estimate of drug-likeness (QED) is 0.569. The number of likely N-dealkylation sites (tertiary alicyclic amines) is 2. The molecule has 1 aromatic rings. The van der Waals surface area contributed by atoms with Gasteiger partial charge in [-0.2, -0.15) is 0 Å². The number of carbonyl (C=O) groups is 3. The number of amides is 4. The molecule has 0 aromatic carbocycles. The Balaban J connectivity index is 1.32.